The lowest BCUT2D eigenvalue weighted by molar-refractivity contribution is -0.122. The first-order chi connectivity index (χ1) is 8.06. The Balaban J connectivity index is 2.71. The van der Waals surface area contributed by atoms with Gasteiger partial charge in [-0.1, -0.05) is 44.2 Å². The number of thiol groups is 1. The van der Waals surface area contributed by atoms with Crippen LogP contribution >= 0.6 is 0 Å². The minimum Gasteiger partial charge on any atom is -0.383 e. The Labute approximate surface area is 107 Å². The maximum atomic E-state index is 11.7. The quantitative estimate of drug-likeness (QED) is 0.623. The van der Waals surface area contributed by atoms with Gasteiger partial charge < -0.3 is 5.11 Å². The highest BCUT2D eigenvalue weighted by atomic mass is 32.2. The molecular weight excluding hydrogens is 232 g/mol. The number of ketones is 1. The lowest BCUT2D eigenvalue weighted by Crippen LogP contribution is -2.25. The van der Waals surface area contributed by atoms with Gasteiger partial charge in [0, 0.05) is 5.92 Å². The van der Waals surface area contributed by atoms with E-state index in [4.69, 9.17) is 0 Å². The predicted molar refractivity (Wildman–Crippen MR) is 74.3 cm³/mol. The van der Waals surface area contributed by atoms with E-state index in [1.54, 1.807) is 0 Å². The molecule has 0 saturated carbocycles. The molecule has 0 saturated heterocycles. The van der Waals surface area contributed by atoms with Crippen molar-refractivity contribution in [3.05, 3.63) is 35.9 Å². The molecule has 0 heterocycles. The van der Waals surface area contributed by atoms with Crippen molar-refractivity contribution < 1.29 is 9.90 Å². The summed E-state index contributed by atoms with van der Waals surface area (Å²) in [5, 5.41) is 10.2. The summed E-state index contributed by atoms with van der Waals surface area (Å²) >= 11 is 1.06. The van der Waals surface area contributed by atoms with Gasteiger partial charge in [-0.05, 0) is 17.3 Å². The molecule has 1 N–H and O–H groups in total. The molecule has 2 atom stereocenters. The molecule has 0 bridgehead atoms. The zero-order valence-corrected chi connectivity index (χ0v) is 11.5. The summed E-state index contributed by atoms with van der Waals surface area (Å²) in [7, 11) is 0. The SMILES string of the molecule is C[SH+]C(CC(=O)C(C)C)C(O)c1ccccc1. The van der Waals surface area contributed by atoms with Crippen LogP contribution < -0.4 is 0 Å². The molecule has 0 spiro atoms. The highest BCUT2D eigenvalue weighted by Gasteiger charge is 2.28. The molecule has 1 aromatic carbocycles. The van der Waals surface area contributed by atoms with Crippen molar-refractivity contribution in [1.29, 1.82) is 0 Å². The third-order valence-corrected chi connectivity index (χ3v) is 4.02. The average Bonchev–Trinajstić information content (AvgIpc) is 2.35. The van der Waals surface area contributed by atoms with Crippen LogP contribution in [0.5, 0.6) is 0 Å². The maximum absolute atomic E-state index is 11.7. The second-order valence-corrected chi connectivity index (χ2v) is 5.69. The molecule has 94 valence electrons. The van der Waals surface area contributed by atoms with Gasteiger partial charge in [0.1, 0.15) is 11.9 Å². The Morgan fingerprint density at radius 1 is 1.29 bits per heavy atom. The molecule has 0 radical (unpaired) electrons. The van der Waals surface area contributed by atoms with Crippen molar-refractivity contribution in [2.45, 2.75) is 31.6 Å². The number of rotatable bonds is 6. The first-order valence-electron chi connectivity index (χ1n) is 5.91. The zero-order chi connectivity index (χ0) is 12.8. The first kappa shape index (κ1) is 14.3. The van der Waals surface area contributed by atoms with Crippen LogP contribution in [0.1, 0.15) is 31.9 Å². The molecule has 0 aliphatic carbocycles. The molecule has 0 aliphatic heterocycles. The summed E-state index contributed by atoms with van der Waals surface area (Å²) in [5.41, 5.74) is 0.892. The van der Waals surface area contributed by atoms with Gasteiger partial charge in [0.15, 0.2) is 5.25 Å². The van der Waals surface area contributed by atoms with Gasteiger partial charge in [0.25, 0.3) is 0 Å². The number of benzene rings is 1. The van der Waals surface area contributed by atoms with Crippen LogP contribution in [0.3, 0.4) is 0 Å². The monoisotopic (exact) mass is 253 g/mol. The van der Waals surface area contributed by atoms with E-state index < -0.39 is 6.10 Å². The fraction of sp³-hybridized carbons (Fsp3) is 0.500. The predicted octanol–water partition coefficient (Wildman–Crippen LogP) is 2.15. The highest BCUT2D eigenvalue weighted by molar-refractivity contribution is 7.78. The van der Waals surface area contributed by atoms with Crippen molar-refractivity contribution >= 4 is 17.5 Å². The van der Waals surface area contributed by atoms with Crippen LogP contribution in [0.2, 0.25) is 0 Å². The Morgan fingerprint density at radius 3 is 2.35 bits per heavy atom. The molecule has 1 rings (SSSR count). The first-order valence-corrected chi connectivity index (χ1v) is 7.32. The molecule has 2 unspecified atom stereocenters. The van der Waals surface area contributed by atoms with Crippen molar-refractivity contribution in [3.8, 4) is 0 Å². The summed E-state index contributed by atoms with van der Waals surface area (Å²) in [4.78, 5) is 11.7. The Bertz CT molecular complexity index is 348. The van der Waals surface area contributed by atoms with Gasteiger partial charge in [-0.15, -0.1) is 0 Å². The lowest BCUT2D eigenvalue weighted by Gasteiger charge is -2.16. The second-order valence-electron chi connectivity index (χ2n) is 4.51. The minimum atomic E-state index is -0.550. The van der Waals surface area contributed by atoms with Crippen LogP contribution in [0, 0.1) is 5.92 Å². The molecule has 1 aromatic rings. The van der Waals surface area contributed by atoms with E-state index in [0.717, 1.165) is 17.3 Å². The maximum Gasteiger partial charge on any atom is 0.152 e. The van der Waals surface area contributed by atoms with Gasteiger partial charge >= 0.3 is 0 Å². The van der Waals surface area contributed by atoms with E-state index in [1.165, 1.54) is 0 Å². The summed E-state index contributed by atoms with van der Waals surface area (Å²) in [6.07, 6.45) is 1.89. The standard InChI is InChI=1S/C14H20O2S/c1-10(2)12(15)9-13(17-3)14(16)11-7-5-4-6-8-11/h4-8,10,13-14,16H,9H2,1-3H3/p+1. The minimum absolute atomic E-state index is 0.00713. The number of Topliss-reactive ketones (excluding diaryl/α,β-unsaturated/α-hetero) is 1. The third-order valence-electron chi connectivity index (χ3n) is 2.89. The zero-order valence-electron chi connectivity index (χ0n) is 10.6. The van der Waals surface area contributed by atoms with Crippen LogP contribution in [0.4, 0.5) is 0 Å². The van der Waals surface area contributed by atoms with Crippen LogP contribution in [-0.2, 0) is 16.6 Å². The van der Waals surface area contributed by atoms with E-state index in [0.29, 0.717) is 6.42 Å². The van der Waals surface area contributed by atoms with Crippen molar-refractivity contribution in [3.63, 3.8) is 0 Å². The molecule has 0 aliphatic rings. The van der Waals surface area contributed by atoms with E-state index in [9.17, 15) is 9.90 Å². The number of hydrogen-bond donors (Lipinski definition) is 1. The Hall–Kier alpha value is -0.800. The second kappa shape index (κ2) is 6.82. The number of aliphatic hydroxyl groups is 1. The fourth-order valence-corrected chi connectivity index (χ4v) is 2.48. The average molecular weight is 253 g/mol. The van der Waals surface area contributed by atoms with E-state index >= 15 is 0 Å². The summed E-state index contributed by atoms with van der Waals surface area (Å²) in [6.45, 7) is 3.81. The van der Waals surface area contributed by atoms with Crippen LogP contribution in [0.15, 0.2) is 30.3 Å². The molecule has 0 aromatic heterocycles. The number of carbonyl (C=O) groups is 1. The number of carbonyl (C=O) groups excluding carboxylic acids is 1. The molecule has 17 heavy (non-hydrogen) atoms. The summed E-state index contributed by atoms with van der Waals surface area (Å²) < 4.78 is 0. The Kier molecular flexibility index (Phi) is 5.72. The number of hydrogen-bond acceptors (Lipinski definition) is 2. The van der Waals surface area contributed by atoms with Crippen molar-refractivity contribution in [2.24, 2.45) is 5.92 Å². The van der Waals surface area contributed by atoms with Gasteiger partial charge in [0.05, 0.1) is 12.7 Å². The molecule has 0 amide bonds. The number of aliphatic hydroxyl groups excluding tert-OH is 1. The lowest BCUT2D eigenvalue weighted by atomic mass is 9.98. The van der Waals surface area contributed by atoms with Crippen molar-refractivity contribution in [2.75, 3.05) is 6.26 Å². The normalized spacial score (nSPS) is 14.6. The Morgan fingerprint density at radius 2 is 1.88 bits per heavy atom. The van der Waals surface area contributed by atoms with E-state index in [1.807, 2.05) is 50.4 Å². The summed E-state index contributed by atoms with van der Waals surface area (Å²) in [6, 6.07) is 9.55. The van der Waals surface area contributed by atoms with Gasteiger partial charge in [-0.25, -0.2) is 0 Å². The third kappa shape index (κ3) is 4.17. The van der Waals surface area contributed by atoms with Crippen LogP contribution in [0.25, 0.3) is 0 Å². The molecule has 2 nitrogen and oxygen atoms in total. The summed E-state index contributed by atoms with van der Waals surface area (Å²) in [5.74, 6) is 0.265. The van der Waals surface area contributed by atoms with Gasteiger partial charge in [-0.3, -0.25) is 4.79 Å². The highest BCUT2D eigenvalue weighted by Crippen LogP contribution is 2.22. The molecule has 0 fully saturated rings. The van der Waals surface area contributed by atoms with E-state index in [2.05, 4.69) is 0 Å². The smallest absolute Gasteiger partial charge is 0.152 e. The van der Waals surface area contributed by atoms with Gasteiger partial charge in [0.2, 0.25) is 0 Å². The molecule has 3 heteroatoms. The van der Waals surface area contributed by atoms with Crippen LogP contribution in [-0.4, -0.2) is 22.4 Å². The van der Waals surface area contributed by atoms with Gasteiger partial charge in [-0.2, -0.15) is 0 Å². The molecular formula is C14H21O2S+. The van der Waals surface area contributed by atoms with Crippen molar-refractivity contribution in [1.82, 2.24) is 0 Å². The topological polar surface area (TPSA) is 37.3 Å². The fourth-order valence-electron chi connectivity index (χ4n) is 1.66. The van der Waals surface area contributed by atoms with E-state index in [-0.39, 0.29) is 17.0 Å². The largest absolute Gasteiger partial charge is 0.383 e.